The van der Waals surface area contributed by atoms with Crippen LogP contribution in [0.15, 0.2) is 89.8 Å². The maximum atomic E-state index is 13.8. The van der Waals surface area contributed by atoms with Crippen molar-refractivity contribution in [1.29, 1.82) is 0 Å². The van der Waals surface area contributed by atoms with Crippen molar-refractivity contribution in [1.82, 2.24) is 10.2 Å². The van der Waals surface area contributed by atoms with Crippen LogP contribution in [0.25, 0.3) is 0 Å². The molecule has 0 heterocycles. The SMILES string of the molecule is Cc1ccc(CN(C(=O)CSc2ccccc2)[C@@H](Cc2ccccc2)C(=O)NC2CCCCC2)cc1. The number of carbonyl (C=O) groups excluding carboxylic acids is 2. The summed E-state index contributed by atoms with van der Waals surface area (Å²) >= 11 is 1.52. The Morgan fingerprint density at radius 3 is 2.17 bits per heavy atom. The van der Waals surface area contributed by atoms with Gasteiger partial charge >= 0.3 is 0 Å². The topological polar surface area (TPSA) is 49.4 Å². The number of hydrogen-bond acceptors (Lipinski definition) is 3. The molecule has 188 valence electrons. The molecule has 1 N–H and O–H groups in total. The lowest BCUT2D eigenvalue weighted by atomic mass is 9.94. The molecule has 0 aromatic heterocycles. The standard InChI is InChI=1S/C31H36N2O2S/c1-24-17-19-26(20-18-24)22-33(30(34)23-36-28-15-9-4-10-16-28)29(21-25-11-5-2-6-12-25)31(35)32-27-13-7-3-8-14-27/h2,4-6,9-12,15-20,27,29H,3,7-8,13-14,21-23H2,1H3,(H,32,35)/t29-/m0/s1. The van der Waals surface area contributed by atoms with Crippen LogP contribution in [-0.4, -0.2) is 34.6 Å². The lowest BCUT2D eigenvalue weighted by Gasteiger charge is -2.33. The molecule has 1 fully saturated rings. The number of amides is 2. The van der Waals surface area contributed by atoms with Crippen molar-refractivity contribution in [2.45, 2.75) is 69.0 Å². The average molecular weight is 501 g/mol. The molecule has 0 radical (unpaired) electrons. The first-order valence-corrected chi connectivity index (χ1v) is 13.9. The number of rotatable bonds is 10. The Balaban J connectivity index is 1.60. The number of carbonyl (C=O) groups is 2. The molecule has 2 amide bonds. The van der Waals surface area contributed by atoms with Gasteiger partial charge in [0.05, 0.1) is 5.75 Å². The Bertz CT molecular complexity index is 1100. The minimum atomic E-state index is -0.570. The number of benzene rings is 3. The lowest BCUT2D eigenvalue weighted by Crippen LogP contribution is -2.53. The summed E-state index contributed by atoms with van der Waals surface area (Å²) in [6, 6.07) is 27.8. The van der Waals surface area contributed by atoms with Gasteiger partial charge in [-0.2, -0.15) is 0 Å². The molecule has 0 bridgehead atoms. The third-order valence-corrected chi connectivity index (χ3v) is 7.80. The largest absolute Gasteiger partial charge is 0.352 e. The number of thioether (sulfide) groups is 1. The smallest absolute Gasteiger partial charge is 0.243 e. The maximum Gasteiger partial charge on any atom is 0.243 e. The highest BCUT2D eigenvalue weighted by Gasteiger charge is 2.31. The predicted octanol–water partition coefficient (Wildman–Crippen LogP) is 6.18. The Kier molecular flexibility index (Phi) is 9.62. The molecule has 0 spiro atoms. The molecule has 1 aliphatic carbocycles. The molecule has 1 saturated carbocycles. The summed E-state index contributed by atoms with van der Waals surface area (Å²) in [5.74, 6) is 0.220. The summed E-state index contributed by atoms with van der Waals surface area (Å²) in [6.45, 7) is 2.46. The first kappa shape index (κ1) is 26.0. The van der Waals surface area contributed by atoms with E-state index in [-0.39, 0.29) is 23.6 Å². The summed E-state index contributed by atoms with van der Waals surface area (Å²) in [7, 11) is 0. The summed E-state index contributed by atoms with van der Waals surface area (Å²) in [5, 5.41) is 3.30. The Morgan fingerprint density at radius 1 is 0.861 bits per heavy atom. The molecule has 5 heteroatoms. The first-order valence-electron chi connectivity index (χ1n) is 13.0. The fourth-order valence-corrected chi connectivity index (χ4v) is 5.54. The van der Waals surface area contributed by atoms with Crippen LogP contribution >= 0.6 is 11.8 Å². The Morgan fingerprint density at radius 2 is 1.50 bits per heavy atom. The van der Waals surface area contributed by atoms with E-state index >= 15 is 0 Å². The van der Waals surface area contributed by atoms with Crippen LogP contribution in [0.5, 0.6) is 0 Å². The van der Waals surface area contributed by atoms with E-state index in [0.717, 1.165) is 41.7 Å². The van der Waals surface area contributed by atoms with E-state index in [1.165, 1.54) is 23.7 Å². The van der Waals surface area contributed by atoms with E-state index in [2.05, 4.69) is 36.5 Å². The third-order valence-electron chi connectivity index (χ3n) is 6.80. The van der Waals surface area contributed by atoms with E-state index in [0.29, 0.717) is 13.0 Å². The Hall–Kier alpha value is -3.05. The molecular formula is C31H36N2O2S. The maximum absolute atomic E-state index is 13.8. The summed E-state index contributed by atoms with van der Waals surface area (Å²) < 4.78 is 0. The average Bonchev–Trinajstić information content (AvgIpc) is 2.92. The van der Waals surface area contributed by atoms with Gasteiger partial charge in [-0.3, -0.25) is 9.59 Å². The number of nitrogens with one attached hydrogen (secondary N) is 1. The van der Waals surface area contributed by atoms with Gasteiger partial charge in [0.15, 0.2) is 0 Å². The molecule has 0 aliphatic heterocycles. The van der Waals surface area contributed by atoms with Crippen molar-refractivity contribution in [3.05, 3.63) is 102 Å². The van der Waals surface area contributed by atoms with E-state index in [9.17, 15) is 9.59 Å². The monoisotopic (exact) mass is 500 g/mol. The zero-order chi connectivity index (χ0) is 25.2. The van der Waals surface area contributed by atoms with Crippen LogP contribution in [0.3, 0.4) is 0 Å². The van der Waals surface area contributed by atoms with Crippen LogP contribution in [0.1, 0.15) is 48.8 Å². The van der Waals surface area contributed by atoms with Crippen molar-refractivity contribution >= 4 is 23.6 Å². The van der Waals surface area contributed by atoms with Crippen LogP contribution in [-0.2, 0) is 22.6 Å². The molecule has 0 saturated heterocycles. The molecule has 36 heavy (non-hydrogen) atoms. The molecule has 4 nitrogen and oxygen atoms in total. The number of hydrogen-bond donors (Lipinski definition) is 1. The van der Waals surface area contributed by atoms with Gasteiger partial charge in [0.2, 0.25) is 11.8 Å². The normalized spacial score (nSPS) is 14.7. The van der Waals surface area contributed by atoms with Crippen molar-refractivity contribution in [2.75, 3.05) is 5.75 Å². The number of nitrogens with zero attached hydrogens (tertiary/aromatic N) is 1. The van der Waals surface area contributed by atoms with Gasteiger partial charge in [-0.1, -0.05) is 97.6 Å². The predicted molar refractivity (Wildman–Crippen MR) is 148 cm³/mol. The molecule has 0 unspecified atom stereocenters. The summed E-state index contributed by atoms with van der Waals surface area (Å²) in [5.41, 5.74) is 3.26. The van der Waals surface area contributed by atoms with Gasteiger partial charge in [-0.15, -0.1) is 11.8 Å². The van der Waals surface area contributed by atoms with Crippen LogP contribution < -0.4 is 5.32 Å². The van der Waals surface area contributed by atoms with E-state index < -0.39 is 6.04 Å². The van der Waals surface area contributed by atoms with Gasteiger partial charge in [0.25, 0.3) is 0 Å². The Labute approximate surface area is 219 Å². The van der Waals surface area contributed by atoms with E-state index in [1.807, 2.05) is 60.7 Å². The highest BCUT2D eigenvalue weighted by atomic mass is 32.2. The summed E-state index contributed by atoms with van der Waals surface area (Å²) in [6.07, 6.45) is 6.04. The third kappa shape index (κ3) is 7.72. The van der Waals surface area contributed by atoms with Crippen LogP contribution in [0, 0.1) is 6.92 Å². The molecule has 3 aromatic carbocycles. The first-order chi connectivity index (χ1) is 17.6. The minimum absolute atomic E-state index is 0.0239. The number of aryl methyl sites for hydroxylation is 1. The second-order valence-corrected chi connectivity index (χ2v) is 10.7. The highest BCUT2D eigenvalue weighted by molar-refractivity contribution is 8.00. The van der Waals surface area contributed by atoms with Gasteiger partial charge in [-0.05, 0) is 43.0 Å². The van der Waals surface area contributed by atoms with Crippen molar-refractivity contribution in [3.63, 3.8) is 0 Å². The molecule has 4 rings (SSSR count). The van der Waals surface area contributed by atoms with Crippen molar-refractivity contribution in [3.8, 4) is 0 Å². The fraction of sp³-hybridized carbons (Fsp3) is 0.355. The van der Waals surface area contributed by atoms with Gasteiger partial charge < -0.3 is 10.2 Å². The molecule has 1 aliphatic rings. The van der Waals surface area contributed by atoms with E-state index in [1.54, 1.807) is 4.90 Å². The zero-order valence-electron chi connectivity index (χ0n) is 21.1. The zero-order valence-corrected chi connectivity index (χ0v) is 21.9. The highest BCUT2D eigenvalue weighted by Crippen LogP contribution is 2.22. The van der Waals surface area contributed by atoms with Crippen molar-refractivity contribution in [2.24, 2.45) is 0 Å². The molecular weight excluding hydrogens is 464 g/mol. The van der Waals surface area contributed by atoms with Crippen LogP contribution in [0.2, 0.25) is 0 Å². The van der Waals surface area contributed by atoms with Crippen LogP contribution in [0.4, 0.5) is 0 Å². The molecule has 1 atom stereocenters. The van der Waals surface area contributed by atoms with E-state index in [4.69, 9.17) is 0 Å². The van der Waals surface area contributed by atoms with Gasteiger partial charge in [-0.25, -0.2) is 0 Å². The van der Waals surface area contributed by atoms with Gasteiger partial charge in [0, 0.05) is 23.9 Å². The quantitative estimate of drug-likeness (QED) is 0.338. The lowest BCUT2D eigenvalue weighted by molar-refractivity contribution is -0.139. The second kappa shape index (κ2) is 13.3. The van der Waals surface area contributed by atoms with Gasteiger partial charge in [0.1, 0.15) is 6.04 Å². The second-order valence-electron chi connectivity index (χ2n) is 9.66. The fourth-order valence-electron chi connectivity index (χ4n) is 4.73. The van der Waals surface area contributed by atoms with Crippen molar-refractivity contribution < 1.29 is 9.59 Å². The molecule has 3 aromatic rings. The minimum Gasteiger partial charge on any atom is -0.352 e. The summed E-state index contributed by atoms with van der Waals surface area (Å²) in [4.78, 5) is 30.4.